The first kappa shape index (κ1) is 23.3. The van der Waals surface area contributed by atoms with Crippen molar-refractivity contribution in [2.24, 2.45) is 0 Å². The van der Waals surface area contributed by atoms with E-state index in [9.17, 15) is 9.59 Å². The minimum absolute atomic E-state index is 0.0236. The van der Waals surface area contributed by atoms with E-state index in [0.717, 1.165) is 11.3 Å². The predicted octanol–water partition coefficient (Wildman–Crippen LogP) is 4.49. The van der Waals surface area contributed by atoms with Crippen LogP contribution < -0.4 is 10.1 Å². The van der Waals surface area contributed by atoms with Crippen molar-refractivity contribution in [1.29, 1.82) is 0 Å². The Morgan fingerprint density at radius 1 is 0.941 bits per heavy atom. The summed E-state index contributed by atoms with van der Waals surface area (Å²) < 4.78 is 7.02. The van der Waals surface area contributed by atoms with Crippen molar-refractivity contribution in [2.75, 3.05) is 12.9 Å². The normalized spacial score (nSPS) is 10.6. The van der Waals surface area contributed by atoms with Crippen molar-refractivity contribution in [3.63, 3.8) is 0 Å². The van der Waals surface area contributed by atoms with Gasteiger partial charge in [0.1, 0.15) is 5.75 Å². The van der Waals surface area contributed by atoms with Gasteiger partial charge in [-0.2, -0.15) is 0 Å². The first-order chi connectivity index (χ1) is 16.5. The average molecular weight is 473 g/mol. The zero-order valence-electron chi connectivity index (χ0n) is 18.9. The highest BCUT2D eigenvalue weighted by atomic mass is 32.2. The van der Waals surface area contributed by atoms with Gasteiger partial charge in [0.2, 0.25) is 0 Å². The fourth-order valence-electron chi connectivity index (χ4n) is 3.38. The fraction of sp³-hybridized carbons (Fsp3) is 0.154. The fourth-order valence-corrected chi connectivity index (χ4v) is 4.25. The minimum Gasteiger partial charge on any atom is -0.497 e. The number of carbonyl (C=O) groups is 2. The molecule has 1 amide bonds. The lowest BCUT2D eigenvalue weighted by molar-refractivity contribution is 0.0948. The molecule has 0 aliphatic heterocycles. The maximum absolute atomic E-state index is 12.7. The number of nitrogens with zero attached hydrogens (tertiary/aromatic N) is 3. The quantitative estimate of drug-likeness (QED) is 0.285. The first-order valence-electron chi connectivity index (χ1n) is 10.7. The zero-order valence-corrected chi connectivity index (χ0v) is 19.7. The smallest absolute Gasteiger partial charge is 0.251 e. The Morgan fingerprint density at radius 2 is 1.71 bits per heavy atom. The van der Waals surface area contributed by atoms with Crippen molar-refractivity contribution in [3.05, 3.63) is 101 Å². The molecule has 1 heterocycles. The molecule has 0 saturated carbocycles. The van der Waals surface area contributed by atoms with Crippen molar-refractivity contribution in [2.45, 2.75) is 18.6 Å². The lowest BCUT2D eigenvalue weighted by Crippen LogP contribution is -2.24. The standard InChI is InChI=1S/C26H24N4O3S/c1-18-7-6-8-20(15-18)25(32)27-16-24-28-29-26(30(24)21-9-4-3-5-10-21)34-17-23(31)19-11-13-22(33-2)14-12-19/h3-15H,16-17H2,1-2H3,(H,27,32). The number of methoxy groups -OCH3 is 1. The Balaban J connectivity index is 1.51. The molecule has 0 bridgehead atoms. The minimum atomic E-state index is -0.185. The molecule has 0 aliphatic carbocycles. The molecule has 0 aliphatic rings. The largest absolute Gasteiger partial charge is 0.497 e. The number of rotatable bonds is 9. The molecule has 3 aromatic carbocycles. The third-order valence-electron chi connectivity index (χ3n) is 5.15. The number of hydrogen-bond acceptors (Lipinski definition) is 6. The van der Waals surface area contributed by atoms with Gasteiger partial charge in [-0.25, -0.2) is 0 Å². The SMILES string of the molecule is COc1ccc(C(=O)CSc2nnc(CNC(=O)c3cccc(C)c3)n2-c2ccccc2)cc1. The summed E-state index contributed by atoms with van der Waals surface area (Å²) in [5, 5.41) is 12.1. The maximum atomic E-state index is 12.7. The number of ether oxygens (including phenoxy) is 1. The molecular weight excluding hydrogens is 448 g/mol. The van der Waals surface area contributed by atoms with E-state index in [4.69, 9.17) is 4.74 Å². The van der Waals surface area contributed by atoms with Crippen molar-refractivity contribution >= 4 is 23.5 Å². The van der Waals surface area contributed by atoms with Gasteiger partial charge in [-0.05, 0) is 55.5 Å². The van der Waals surface area contributed by atoms with Gasteiger partial charge in [0.05, 0.1) is 19.4 Å². The van der Waals surface area contributed by atoms with Gasteiger partial charge in [-0.3, -0.25) is 14.2 Å². The molecule has 0 unspecified atom stereocenters. The summed E-state index contributed by atoms with van der Waals surface area (Å²) in [6.45, 7) is 2.14. The number of hydrogen-bond donors (Lipinski definition) is 1. The molecule has 1 aromatic heterocycles. The van der Waals surface area contributed by atoms with E-state index in [1.807, 2.05) is 60.0 Å². The molecule has 0 saturated heterocycles. The molecule has 1 N–H and O–H groups in total. The van der Waals surface area contributed by atoms with Gasteiger partial charge in [0.15, 0.2) is 16.8 Å². The second-order valence-electron chi connectivity index (χ2n) is 7.56. The van der Waals surface area contributed by atoms with E-state index in [1.165, 1.54) is 11.8 Å². The predicted molar refractivity (Wildman–Crippen MR) is 132 cm³/mol. The lowest BCUT2D eigenvalue weighted by Gasteiger charge is -2.11. The topological polar surface area (TPSA) is 86.1 Å². The monoisotopic (exact) mass is 472 g/mol. The van der Waals surface area contributed by atoms with Crippen LogP contribution in [-0.2, 0) is 6.54 Å². The summed E-state index contributed by atoms with van der Waals surface area (Å²) in [6, 6.07) is 24.1. The number of Topliss-reactive ketones (excluding diaryl/α,β-unsaturated/α-hetero) is 1. The Morgan fingerprint density at radius 3 is 2.41 bits per heavy atom. The van der Waals surface area contributed by atoms with Crippen LogP contribution in [0.25, 0.3) is 5.69 Å². The number of amides is 1. The van der Waals surface area contributed by atoms with Crippen LogP contribution >= 0.6 is 11.8 Å². The maximum Gasteiger partial charge on any atom is 0.251 e. The summed E-state index contributed by atoms with van der Waals surface area (Å²) in [6.07, 6.45) is 0. The highest BCUT2D eigenvalue weighted by Crippen LogP contribution is 2.23. The molecule has 8 heteroatoms. The molecule has 7 nitrogen and oxygen atoms in total. The summed E-state index contributed by atoms with van der Waals surface area (Å²) in [5.41, 5.74) is 3.06. The van der Waals surface area contributed by atoms with Gasteiger partial charge in [-0.1, -0.05) is 47.7 Å². The number of benzene rings is 3. The van der Waals surface area contributed by atoms with E-state index in [-0.39, 0.29) is 24.0 Å². The number of aromatic nitrogens is 3. The molecule has 0 fully saturated rings. The summed E-state index contributed by atoms with van der Waals surface area (Å²) in [4.78, 5) is 25.3. The van der Waals surface area contributed by atoms with Crippen LogP contribution in [0.5, 0.6) is 5.75 Å². The number of thioether (sulfide) groups is 1. The molecule has 0 spiro atoms. The van der Waals surface area contributed by atoms with Crippen LogP contribution in [0.2, 0.25) is 0 Å². The van der Waals surface area contributed by atoms with Gasteiger partial charge < -0.3 is 10.1 Å². The average Bonchev–Trinajstić information content (AvgIpc) is 3.29. The third kappa shape index (κ3) is 5.52. The van der Waals surface area contributed by atoms with Crippen molar-refractivity contribution in [1.82, 2.24) is 20.1 Å². The number of nitrogens with one attached hydrogen (secondary N) is 1. The van der Waals surface area contributed by atoms with Crippen molar-refractivity contribution < 1.29 is 14.3 Å². The van der Waals surface area contributed by atoms with Crippen LogP contribution in [0, 0.1) is 6.92 Å². The first-order valence-corrected chi connectivity index (χ1v) is 11.7. The Bertz CT molecular complexity index is 1290. The van der Waals surface area contributed by atoms with Gasteiger partial charge >= 0.3 is 0 Å². The zero-order chi connectivity index (χ0) is 23.9. The van der Waals surface area contributed by atoms with E-state index in [0.29, 0.717) is 27.9 Å². The highest BCUT2D eigenvalue weighted by molar-refractivity contribution is 7.99. The highest BCUT2D eigenvalue weighted by Gasteiger charge is 2.17. The number of carbonyl (C=O) groups excluding carboxylic acids is 2. The molecule has 172 valence electrons. The summed E-state index contributed by atoms with van der Waals surface area (Å²) >= 11 is 1.30. The van der Waals surface area contributed by atoms with Crippen LogP contribution in [-0.4, -0.2) is 39.3 Å². The molecule has 0 radical (unpaired) electrons. The Labute approximate surface area is 202 Å². The molecule has 0 atom stereocenters. The van der Waals surface area contributed by atoms with Crippen LogP contribution in [0.4, 0.5) is 0 Å². The van der Waals surface area contributed by atoms with E-state index >= 15 is 0 Å². The molecule has 4 rings (SSSR count). The van der Waals surface area contributed by atoms with E-state index in [2.05, 4.69) is 15.5 Å². The molecular formula is C26H24N4O3S. The van der Waals surface area contributed by atoms with Crippen molar-refractivity contribution in [3.8, 4) is 11.4 Å². The van der Waals surface area contributed by atoms with Crippen LogP contribution in [0.15, 0.2) is 84.0 Å². The molecule has 4 aromatic rings. The number of aryl methyl sites for hydroxylation is 1. The number of para-hydroxylation sites is 1. The van der Waals surface area contributed by atoms with E-state index < -0.39 is 0 Å². The summed E-state index contributed by atoms with van der Waals surface area (Å²) in [5.74, 6) is 1.27. The van der Waals surface area contributed by atoms with Crippen LogP contribution in [0.1, 0.15) is 32.1 Å². The Hall–Kier alpha value is -3.91. The second kappa shape index (κ2) is 10.8. The van der Waals surface area contributed by atoms with Gasteiger partial charge in [0, 0.05) is 16.8 Å². The van der Waals surface area contributed by atoms with Gasteiger partial charge in [-0.15, -0.1) is 10.2 Å². The second-order valence-corrected chi connectivity index (χ2v) is 8.50. The number of ketones is 1. The van der Waals surface area contributed by atoms with E-state index in [1.54, 1.807) is 37.4 Å². The molecule has 34 heavy (non-hydrogen) atoms. The van der Waals surface area contributed by atoms with Crippen LogP contribution in [0.3, 0.4) is 0 Å². The summed E-state index contributed by atoms with van der Waals surface area (Å²) in [7, 11) is 1.59. The third-order valence-corrected chi connectivity index (χ3v) is 6.08. The van der Waals surface area contributed by atoms with Gasteiger partial charge in [0.25, 0.3) is 5.91 Å². The lowest BCUT2D eigenvalue weighted by atomic mass is 10.1. The Kier molecular flexibility index (Phi) is 7.39.